The average Bonchev–Trinajstić information content (AvgIpc) is 2.79. The number of carbonyl (C=O) groups is 1. The standard InChI is InChI=1S/C23H23Cl2N5O/c1-2-16-3-5-17(6-4-16)21-7-8-22(28-27-21)29-9-11-30(12-10-29)23(31)26-20-14-18(24)13-19(25)15-20/h3-8,13-15H,2,9-12H2,1H3,(H,26,31). The van der Waals surface area contributed by atoms with Crippen LogP contribution in [0.1, 0.15) is 12.5 Å². The van der Waals surface area contributed by atoms with Gasteiger partial charge in [0, 0.05) is 47.5 Å². The summed E-state index contributed by atoms with van der Waals surface area (Å²) in [5, 5.41) is 12.6. The smallest absolute Gasteiger partial charge is 0.321 e. The van der Waals surface area contributed by atoms with E-state index < -0.39 is 0 Å². The van der Waals surface area contributed by atoms with Gasteiger partial charge in [0.15, 0.2) is 5.82 Å². The Morgan fingerprint density at radius 1 is 0.935 bits per heavy atom. The van der Waals surface area contributed by atoms with Gasteiger partial charge in [-0.15, -0.1) is 10.2 Å². The Hall–Kier alpha value is -2.83. The van der Waals surface area contributed by atoms with Crippen LogP contribution in [-0.2, 0) is 6.42 Å². The van der Waals surface area contributed by atoms with Gasteiger partial charge in [-0.2, -0.15) is 0 Å². The number of amides is 2. The Kier molecular flexibility index (Phi) is 6.59. The largest absolute Gasteiger partial charge is 0.352 e. The summed E-state index contributed by atoms with van der Waals surface area (Å²) in [6.45, 7) is 4.68. The summed E-state index contributed by atoms with van der Waals surface area (Å²) >= 11 is 12.0. The molecule has 6 nitrogen and oxygen atoms in total. The number of rotatable bonds is 4. The molecule has 8 heteroatoms. The molecule has 1 N–H and O–H groups in total. The van der Waals surface area contributed by atoms with Gasteiger partial charge in [-0.3, -0.25) is 0 Å². The Morgan fingerprint density at radius 3 is 2.19 bits per heavy atom. The molecule has 31 heavy (non-hydrogen) atoms. The van der Waals surface area contributed by atoms with E-state index in [1.54, 1.807) is 23.1 Å². The third kappa shape index (κ3) is 5.27. The van der Waals surface area contributed by atoms with Crippen LogP contribution in [0.15, 0.2) is 54.6 Å². The van der Waals surface area contributed by atoms with Gasteiger partial charge < -0.3 is 15.1 Å². The minimum atomic E-state index is -0.171. The second-order valence-electron chi connectivity index (χ2n) is 7.39. The maximum Gasteiger partial charge on any atom is 0.321 e. The summed E-state index contributed by atoms with van der Waals surface area (Å²) in [5.74, 6) is 0.815. The van der Waals surface area contributed by atoms with E-state index >= 15 is 0 Å². The SMILES string of the molecule is CCc1ccc(-c2ccc(N3CCN(C(=O)Nc4cc(Cl)cc(Cl)c4)CC3)nn2)cc1. The first-order chi connectivity index (χ1) is 15.0. The number of piperazine rings is 1. The summed E-state index contributed by atoms with van der Waals surface area (Å²) < 4.78 is 0. The fraction of sp³-hybridized carbons (Fsp3) is 0.261. The van der Waals surface area contributed by atoms with Crippen molar-refractivity contribution in [1.29, 1.82) is 0 Å². The summed E-state index contributed by atoms with van der Waals surface area (Å²) in [6.07, 6.45) is 1.02. The maximum absolute atomic E-state index is 12.6. The van der Waals surface area contributed by atoms with Crippen LogP contribution in [-0.4, -0.2) is 47.3 Å². The Morgan fingerprint density at radius 2 is 1.61 bits per heavy atom. The Bertz CT molecular complexity index is 1030. The van der Waals surface area contributed by atoms with Crippen LogP contribution >= 0.6 is 23.2 Å². The summed E-state index contributed by atoms with van der Waals surface area (Å²) in [6, 6.07) is 17.2. The monoisotopic (exact) mass is 455 g/mol. The molecule has 0 atom stereocenters. The van der Waals surface area contributed by atoms with Crippen molar-refractivity contribution in [2.75, 3.05) is 36.4 Å². The highest BCUT2D eigenvalue weighted by atomic mass is 35.5. The molecule has 2 amide bonds. The van der Waals surface area contributed by atoms with Gasteiger partial charge >= 0.3 is 6.03 Å². The molecule has 0 radical (unpaired) electrons. The molecule has 1 saturated heterocycles. The van der Waals surface area contributed by atoms with Crippen LogP contribution in [0, 0.1) is 0 Å². The zero-order chi connectivity index (χ0) is 21.8. The number of hydrogen-bond acceptors (Lipinski definition) is 4. The fourth-order valence-corrected chi connectivity index (χ4v) is 4.05. The van der Waals surface area contributed by atoms with E-state index in [0.717, 1.165) is 23.5 Å². The van der Waals surface area contributed by atoms with Crippen LogP contribution in [0.5, 0.6) is 0 Å². The Balaban J connectivity index is 1.34. The molecule has 1 aliphatic rings. The number of anilines is 2. The summed E-state index contributed by atoms with van der Waals surface area (Å²) in [7, 11) is 0. The number of urea groups is 1. The first-order valence-electron chi connectivity index (χ1n) is 10.2. The number of hydrogen-bond donors (Lipinski definition) is 1. The highest BCUT2D eigenvalue weighted by molar-refractivity contribution is 6.35. The van der Waals surface area contributed by atoms with Crippen LogP contribution < -0.4 is 10.2 Å². The zero-order valence-electron chi connectivity index (χ0n) is 17.2. The molecule has 3 aromatic rings. The summed E-state index contributed by atoms with van der Waals surface area (Å²) in [4.78, 5) is 16.5. The molecule has 2 heterocycles. The van der Waals surface area contributed by atoms with Gasteiger partial charge in [0.1, 0.15) is 0 Å². The third-order valence-corrected chi connectivity index (χ3v) is 5.75. The van der Waals surface area contributed by atoms with Crippen molar-refractivity contribution in [2.24, 2.45) is 0 Å². The molecule has 1 aliphatic heterocycles. The number of benzene rings is 2. The van der Waals surface area contributed by atoms with Crippen molar-refractivity contribution >= 4 is 40.7 Å². The quantitative estimate of drug-likeness (QED) is 0.574. The van der Waals surface area contributed by atoms with E-state index in [-0.39, 0.29) is 6.03 Å². The second kappa shape index (κ2) is 9.54. The molecular formula is C23H23Cl2N5O. The predicted octanol–water partition coefficient (Wildman–Crippen LogP) is 5.37. The van der Waals surface area contributed by atoms with Gasteiger partial charge in [-0.1, -0.05) is 54.4 Å². The van der Waals surface area contributed by atoms with Gasteiger partial charge in [-0.05, 0) is 42.3 Å². The maximum atomic E-state index is 12.6. The van der Waals surface area contributed by atoms with Gasteiger partial charge in [0.2, 0.25) is 0 Å². The zero-order valence-corrected chi connectivity index (χ0v) is 18.7. The molecule has 2 aromatic carbocycles. The number of aromatic nitrogens is 2. The highest BCUT2D eigenvalue weighted by Crippen LogP contribution is 2.23. The van der Waals surface area contributed by atoms with Crippen LogP contribution in [0.3, 0.4) is 0 Å². The van der Waals surface area contributed by atoms with Crippen LogP contribution in [0.4, 0.5) is 16.3 Å². The number of aryl methyl sites for hydroxylation is 1. The average molecular weight is 456 g/mol. The highest BCUT2D eigenvalue weighted by Gasteiger charge is 2.22. The van der Waals surface area contributed by atoms with Crippen molar-refractivity contribution in [2.45, 2.75) is 13.3 Å². The van der Waals surface area contributed by atoms with Crippen molar-refractivity contribution in [3.05, 3.63) is 70.2 Å². The van der Waals surface area contributed by atoms with Gasteiger partial charge in [-0.25, -0.2) is 4.79 Å². The first-order valence-corrected chi connectivity index (χ1v) is 11.0. The lowest BCUT2D eigenvalue weighted by Gasteiger charge is -2.35. The third-order valence-electron chi connectivity index (χ3n) is 5.31. The molecule has 1 fully saturated rings. The van der Waals surface area contributed by atoms with E-state index in [2.05, 4.69) is 51.6 Å². The first kappa shape index (κ1) is 21.4. The van der Waals surface area contributed by atoms with Crippen molar-refractivity contribution in [3.8, 4) is 11.3 Å². The lowest BCUT2D eigenvalue weighted by atomic mass is 10.1. The number of halogens is 2. The fourth-order valence-electron chi connectivity index (χ4n) is 3.53. The van der Waals surface area contributed by atoms with Gasteiger partial charge in [0.25, 0.3) is 0 Å². The minimum Gasteiger partial charge on any atom is -0.352 e. The van der Waals surface area contributed by atoms with Gasteiger partial charge in [0.05, 0.1) is 5.69 Å². The number of nitrogens with zero attached hydrogens (tertiary/aromatic N) is 4. The molecular weight excluding hydrogens is 433 g/mol. The normalized spacial score (nSPS) is 13.9. The molecule has 0 bridgehead atoms. The van der Waals surface area contributed by atoms with Crippen molar-refractivity contribution in [1.82, 2.24) is 15.1 Å². The lowest BCUT2D eigenvalue weighted by Crippen LogP contribution is -2.50. The van der Waals surface area contributed by atoms with E-state index in [0.29, 0.717) is 41.9 Å². The van der Waals surface area contributed by atoms with Crippen LogP contribution in [0.2, 0.25) is 10.0 Å². The van der Waals surface area contributed by atoms with E-state index in [1.807, 2.05) is 12.1 Å². The second-order valence-corrected chi connectivity index (χ2v) is 8.26. The molecule has 0 spiro atoms. The number of carbonyl (C=O) groups excluding carboxylic acids is 1. The molecule has 1 aromatic heterocycles. The molecule has 0 aliphatic carbocycles. The summed E-state index contributed by atoms with van der Waals surface area (Å²) in [5.41, 5.74) is 3.79. The van der Waals surface area contributed by atoms with E-state index in [1.165, 1.54) is 5.56 Å². The lowest BCUT2D eigenvalue weighted by molar-refractivity contribution is 0.208. The number of nitrogens with one attached hydrogen (secondary N) is 1. The molecule has 0 unspecified atom stereocenters. The van der Waals surface area contributed by atoms with E-state index in [9.17, 15) is 4.79 Å². The molecule has 4 rings (SSSR count). The van der Waals surface area contributed by atoms with Crippen molar-refractivity contribution < 1.29 is 4.79 Å². The molecule has 0 saturated carbocycles. The predicted molar refractivity (Wildman–Crippen MR) is 126 cm³/mol. The van der Waals surface area contributed by atoms with Crippen molar-refractivity contribution in [3.63, 3.8) is 0 Å². The van der Waals surface area contributed by atoms with E-state index in [4.69, 9.17) is 23.2 Å². The Labute approximate surface area is 191 Å². The van der Waals surface area contributed by atoms with Crippen LogP contribution in [0.25, 0.3) is 11.3 Å². The molecule has 160 valence electrons. The minimum absolute atomic E-state index is 0.171. The topological polar surface area (TPSA) is 61.4 Å².